The van der Waals surface area contributed by atoms with Crippen LogP contribution in [0, 0.1) is 12.8 Å². The fourth-order valence-electron chi connectivity index (χ4n) is 3.89. The fourth-order valence-corrected chi connectivity index (χ4v) is 5.10. The number of rotatable bonds is 9. The predicted octanol–water partition coefficient (Wildman–Crippen LogP) is 5.53. The Bertz CT molecular complexity index is 1260. The first-order valence-corrected chi connectivity index (χ1v) is 12.5. The Balaban J connectivity index is 1.44. The zero-order valence-corrected chi connectivity index (χ0v) is 21.2. The van der Waals surface area contributed by atoms with Gasteiger partial charge in [-0.1, -0.05) is 11.6 Å². The van der Waals surface area contributed by atoms with Crippen molar-refractivity contribution in [3.8, 4) is 22.3 Å². The van der Waals surface area contributed by atoms with E-state index < -0.39 is 24.7 Å². The molecule has 3 aromatic heterocycles. The SMILES string of the molecule is Cc1nc(-c2sc(Cl)cc2CNc2nccc(OCC(F)(F)F)n2)ncc1O[C@H]1CCC[C@H](C(=O)O)C1. The molecule has 0 aromatic carbocycles. The van der Waals surface area contributed by atoms with Crippen LogP contribution in [-0.4, -0.2) is 49.9 Å². The van der Waals surface area contributed by atoms with Crippen LogP contribution in [0.3, 0.4) is 0 Å². The van der Waals surface area contributed by atoms with E-state index in [9.17, 15) is 23.1 Å². The van der Waals surface area contributed by atoms with E-state index in [4.69, 9.17) is 16.3 Å². The highest BCUT2D eigenvalue weighted by Crippen LogP contribution is 2.35. The highest BCUT2D eigenvalue weighted by atomic mass is 35.5. The van der Waals surface area contributed by atoms with Crippen LogP contribution >= 0.6 is 22.9 Å². The van der Waals surface area contributed by atoms with Gasteiger partial charge in [0.2, 0.25) is 11.8 Å². The second-order valence-electron chi connectivity index (χ2n) is 8.47. The maximum absolute atomic E-state index is 12.4. The lowest BCUT2D eigenvalue weighted by molar-refractivity contribution is -0.154. The minimum atomic E-state index is -4.48. The number of anilines is 1. The maximum Gasteiger partial charge on any atom is 0.422 e. The van der Waals surface area contributed by atoms with Gasteiger partial charge in [-0.25, -0.2) is 15.0 Å². The smallest absolute Gasteiger partial charge is 0.422 e. The molecule has 0 aliphatic heterocycles. The number of halogens is 4. The molecule has 9 nitrogen and oxygen atoms in total. The van der Waals surface area contributed by atoms with Crippen LogP contribution in [-0.2, 0) is 11.3 Å². The van der Waals surface area contributed by atoms with Crippen molar-refractivity contribution in [3.05, 3.63) is 40.1 Å². The van der Waals surface area contributed by atoms with E-state index >= 15 is 0 Å². The number of hydrogen-bond donors (Lipinski definition) is 2. The van der Waals surface area contributed by atoms with Crippen LogP contribution in [0.15, 0.2) is 24.5 Å². The molecular formula is C23H23ClF3N5O4S. The summed E-state index contributed by atoms with van der Waals surface area (Å²) in [5.41, 5.74) is 1.34. The third-order valence-electron chi connectivity index (χ3n) is 5.64. The second-order valence-corrected chi connectivity index (χ2v) is 10.1. The van der Waals surface area contributed by atoms with Crippen molar-refractivity contribution in [1.29, 1.82) is 0 Å². The summed E-state index contributed by atoms with van der Waals surface area (Å²) in [6.45, 7) is 0.539. The van der Waals surface area contributed by atoms with E-state index in [-0.39, 0.29) is 24.5 Å². The number of thiophene rings is 1. The third kappa shape index (κ3) is 7.41. The number of carboxylic acid groups (broad SMARTS) is 1. The molecule has 14 heteroatoms. The third-order valence-corrected chi connectivity index (χ3v) is 6.94. The minimum absolute atomic E-state index is 0.0842. The Hall–Kier alpha value is -3.19. The highest BCUT2D eigenvalue weighted by molar-refractivity contribution is 7.19. The van der Waals surface area contributed by atoms with E-state index in [0.717, 1.165) is 18.4 Å². The molecule has 1 aliphatic rings. The number of hydrogen-bond acceptors (Lipinski definition) is 9. The number of aryl methyl sites for hydroxylation is 1. The van der Waals surface area contributed by atoms with Crippen molar-refractivity contribution in [3.63, 3.8) is 0 Å². The number of aromatic nitrogens is 4. The molecule has 3 aromatic rings. The van der Waals surface area contributed by atoms with Crippen molar-refractivity contribution in [2.75, 3.05) is 11.9 Å². The van der Waals surface area contributed by atoms with Gasteiger partial charge in [0.05, 0.1) is 33.1 Å². The van der Waals surface area contributed by atoms with Crippen LogP contribution in [0.5, 0.6) is 11.6 Å². The summed E-state index contributed by atoms with van der Waals surface area (Å²) in [5, 5.41) is 12.3. The molecule has 1 fully saturated rings. The summed E-state index contributed by atoms with van der Waals surface area (Å²) in [6.07, 6.45) is 0.811. The molecule has 2 atom stereocenters. The van der Waals surface area contributed by atoms with Gasteiger partial charge in [0.1, 0.15) is 0 Å². The van der Waals surface area contributed by atoms with Gasteiger partial charge in [0.15, 0.2) is 18.2 Å². The first-order valence-electron chi connectivity index (χ1n) is 11.4. The molecule has 0 bridgehead atoms. The highest BCUT2D eigenvalue weighted by Gasteiger charge is 2.29. The molecule has 0 unspecified atom stereocenters. The molecule has 0 saturated heterocycles. The maximum atomic E-state index is 12.4. The van der Waals surface area contributed by atoms with Crippen molar-refractivity contribution in [2.24, 2.45) is 5.92 Å². The first kappa shape index (κ1) is 26.9. The Morgan fingerprint density at radius 3 is 2.84 bits per heavy atom. The van der Waals surface area contributed by atoms with E-state index in [1.807, 2.05) is 0 Å². The van der Waals surface area contributed by atoms with Crippen molar-refractivity contribution >= 4 is 34.9 Å². The van der Waals surface area contributed by atoms with Gasteiger partial charge in [0.25, 0.3) is 0 Å². The Kier molecular flexibility index (Phi) is 8.32. The van der Waals surface area contributed by atoms with E-state index in [0.29, 0.717) is 39.3 Å². The summed E-state index contributed by atoms with van der Waals surface area (Å²) in [7, 11) is 0. The molecule has 198 valence electrons. The summed E-state index contributed by atoms with van der Waals surface area (Å²) < 4.78 is 48.4. The van der Waals surface area contributed by atoms with Crippen LogP contribution in [0.4, 0.5) is 19.1 Å². The molecule has 4 rings (SSSR count). The lowest BCUT2D eigenvalue weighted by Gasteiger charge is -2.27. The number of carboxylic acids is 1. The first-order chi connectivity index (χ1) is 17.6. The summed E-state index contributed by atoms with van der Waals surface area (Å²) in [4.78, 5) is 29.0. The number of alkyl halides is 3. The molecule has 37 heavy (non-hydrogen) atoms. The van der Waals surface area contributed by atoms with Gasteiger partial charge < -0.3 is 19.9 Å². The Labute approximate surface area is 219 Å². The average molecular weight is 558 g/mol. The lowest BCUT2D eigenvalue weighted by Crippen LogP contribution is -2.29. The van der Waals surface area contributed by atoms with Crippen molar-refractivity contribution in [1.82, 2.24) is 19.9 Å². The number of carbonyl (C=O) groups is 1. The van der Waals surface area contributed by atoms with Gasteiger partial charge in [-0.05, 0) is 44.2 Å². The van der Waals surface area contributed by atoms with Gasteiger partial charge >= 0.3 is 12.1 Å². The standard InChI is InChI=1S/C23H23ClF3N5O4S/c1-12-16(36-15-4-2-3-13(7-15)21(33)34)10-29-20(31-12)19-14(8-17(24)37-19)9-30-22-28-6-5-18(32-22)35-11-23(25,26)27/h5-6,8,10,13,15H,2-4,7,9,11H2,1H3,(H,33,34)(H,28,30,32)/t13-,15-/m0/s1. The van der Waals surface area contributed by atoms with E-state index in [1.54, 1.807) is 19.2 Å². The van der Waals surface area contributed by atoms with Crippen LogP contribution in [0.1, 0.15) is 36.9 Å². The Morgan fingerprint density at radius 1 is 1.30 bits per heavy atom. The van der Waals surface area contributed by atoms with Gasteiger partial charge in [-0.2, -0.15) is 18.2 Å². The predicted molar refractivity (Wildman–Crippen MR) is 130 cm³/mol. The van der Waals surface area contributed by atoms with E-state index in [1.165, 1.54) is 23.6 Å². The summed E-state index contributed by atoms with van der Waals surface area (Å²) >= 11 is 7.52. The van der Waals surface area contributed by atoms with Gasteiger partial charge in [-0.15, -0.1) is 11.3 Å². The Morgan fingerprint density at radius 2 is 2.11 bits per heavy atom. The number of nitrogens with one attached hydrogen (secondary N) is 1. The van der Waals surface area contributed by atoms with Crippen LogP contribution in [0.25, 0.3) is 10.7 Å². The van der Waals surface area contributed by atoms with Gasteiger partial charge in [0, 0.05) is 18.8 Å². The average Bonchev–Trinajstić information content (AvgIpc) is 3.23. The molecule has 0 radical (unpaired) electrons. The second kappa shape index (κ2) is 11.5. The number of aliphatic carboxylic acids is 1. The minimum Gasteiger partial charge on any atom is -0.487 e. The van der Waals surface area contributed by atoms with Gasteiger partial charge in [-0.3, -0.25) is 4.79 Å². The molecule has 0 spiro atoms. The quantitative estimate of drug-likeness (QED) is 0.350. The van der Waals surface area contributed by atoms with E-state index in [2.05, 4.69) is 30.0 Å². The lowest BCUT2D eigenvalue weighted by atomic mass is 9.87. The van der Waals surface area contributed by atoms with Crippen LogP contribution in [0.2, 0.25) is 4.34 Å². The normalized spacial score (nSPS) is 17.9. The van der Waals surface area contributed by atoms with Crippen molar-refractivity contribution < 1.29 is 32.5 Å². The number of ether oxygens (including phenoxy) is 2. The zero-order valence-electron chi connectivity index (χ0n) is 19.6. The molecule has 2 N–H and O–H groups in total. The van der Waals surface area contributed by atoms with Crippen LogP contribution < -0.4 is 14.8 Å². The molecule has 0 amide bonds. The molecule has 1 aliphatic carbocycles. The summed E-state index contributed by atoms with van der Waals surface area (Å²) in [5.74, 6) is -0.428. The summed E-state index contributed by atoms with van der Waals surface area (Å²) in [6, 6.07) is 2.97. The largest absolute Gasteiger partial charge is 0.487 e. The number of nitrogens with zero attached hydrogens (tertiary/aromatic N) is 4. The fraction of sp³-hybridized carbons (Fsp3) is 0.435. The topological polar surface area (TPSA) is 119 Å². The molecule has 1 saturated carbocycles. The van der Waals surface area contributed by atoms with Crippen molar-refractivity contribution in [2.45, 2.75) is 51.4 Å². The zero-order chi connectivity index (χ0) is 26.6. The molecular weight excluding hydrogens is 535 g/mol. The molecule has 3 heterocycles. The monoisotopic (exact) mass is 557 g/mol.